The van der Waals surface area contributed by atoms with Gasteiger partial charge in [-0.25, -0.2) is 0 Å². The lowest BCUT2D eigenvalue weighted by Gasteiger charge is -1.52. The fraction of sp³-hybridized carbons (Fsp3) is 1.00. The van der Waals surface area contributed by atoms with E-state index in [1.807, 2.05) is 0 Å². The lowest BCUT2D eigenvalue weighted by atomic mass is 10.8. The molecule has 0 aromatic heterocycles. The van der Waals surface area contributed by atoms with Gasteiger partial charge in [0.2, 0.25) is 0 Å². The van der Waals surface area contributed by atoms with E-state index in [9.17, 15) is 0 Å². The molecule has 0 unspecified atom stereocenters. The highest BCUT2D eigenvalue weighted by atomic mass is 16.3. The Labute approximate surface area is 83.8 Å². The minimum Gasteiger partial charge on any atom is -0.397 e. The van der Waals surface area contributed by atoms with E-state index >= 15 is 0 Å². The molecule has 0 saturated heterocycles. The third kappa shape index (κ3) is 129000. The van der Waals surface area contributed by atoms with Crippen LogP contribution in [-0.2, 0) is 0 Å². The number of hydrogen-bond donors (Lipinski definition) is 4. The number of aliphatic hydroxyl groups is 4. The van der Waals surface area contributed by atoms with Crippen molar-refractivity contribution in [3.63, 3.8) is 0 Å². The van der Waals surface area contributed by atoms with Gasteiger partial charge in [0.05, 0.1) is 0 Å². The Morgan fingerprint density at radius 3 is 0.538 bits per heavy atom. The Bertz CT molecular complexity index is 24.1. The smallest absolute Gasteiger partial charge is 0.0402 e. The van der Waals surface area contributed by atoms with Crippen LogP contribution < -0.4 is 0 Å². The van der Waals surface area contributed by atoms with Crippen LogP contribution in [-0.4, -0.2) is 55.3 Å². The molecule has 0 heterocycles. The maximum absolute atomic E-state index is 7.57. The molecular formula is C8H24BO4. The third-order valence-corrected chi connectivity index (χ3v) is 0. The van der Waals surface area contributed by atoms with Crippen molar-refractivity contribution >= 4 is 8.41 Å². The van der Waals surface area contributed by atoms with Gasteiger partial charge in [-0.1, -0.05) is 0 Å². The molecule has 0 saturated carbocycles. The molecule has 0 aliphatic heterocycles. The predicted molar refractivity (Wildman–Crippen MR) is 56.8 cm³/mol. The Morgan fingerprint density at radius 1 is 0.538 bits per heavy atom. The molecule has 13 heavy (non-hydrogen) atoms. The first kappa shape index (κ1) is 29.3. The highest BCUT2D eigenvalue weighted by Crippen LogP contribution is 1.30. The fourth-order valence-electron chi connectivity index (χ4n) is 0. The largest absolute Gasteiger partial charge is 0.397 e. The van der Waals surface area contributed by atoms with Crippen molar-refractivity contribution in [1.29, 1.82) is 0 Å². The van der Waals surface area contributed by atoms with E-state index in [-0.39, 0.29) is 34.8 Å². The molecule has 0 aliphatic rings. The summed E-state index contributed by atoms with van der Waals surface area (Å²) in [5.41, 5.74) is 0. The summed E-state index contributed by atoms with van der Waals surface area (Å²) < 4.78 is 0. The van der Waals surface area contributed by atoms with Crippen LogP contribution in [0.3, 0.4) is 0 Å². The van der Waals surface area contributed by atoms with Crippen LogP contribution in [0.4, 0.5) is 0 Å². The first-order valence-corrected chi connectivity index (χ1v) is 4.09. The summed E-state index contributed by atoms with van der Waals surface area (Å²) in [6.07, 6.45) is 0. The summed E-state index contributed by atoms with van der Waals surface area (Å²) in [6, 6.07) is 0. The van der Waals surface area contributed by atoms with E-state index in [4.69, 9.17) is 20.4 Å². The first-order chi connectivity index (χ1) is 5.66. The van der Waals surface area contributed by atoms with E-state index in [1.54, 1.807) is 27.7 Å². The Morgan fingerprint density at radius 2 is 0.538 bits per heavy atom. The van der Waals surface area contributed by atoms with Gasteiger partial charge in [-0.3, -0.25) is 0 Å². The van der Waals surface area contributed by atoms with E-state index in [0.29, 0.717) is 0 Å². The van der Waals surface area contributed by atoms with Gasteiger partial charge in [-0.2, -0.15) is 0 Å². The SMILES string of the molecule is CCO.CCO.CCO.CCO.[B]. The molecule has 0 amide bonds. The zero-order chi connectivity index (χ0) is 10.8. The molecule has 0 aromatic carbocycles. The van der Waals surface area contributed by atoms with Crippen LogP contribution in [0.25, 0.3) is 0 Å². The van der Waals surface area contributed by atoms with Crippen LogP contribution >= 0.6 is 0 Å². The Kier molecular flexibility index (Phi) is 209. The third-order valence-electron chi connectivity index (χ3n) is 0. The predicted octanol–water partition coefficient (Wildman–Crippen LogP) is -0.386. The van der Waals surface area contributed by atoms with Gasteiger partial charge in [0.25, 0.3) is 0 Å². The van der Waals surface area contributed by atoms with Gasteiger partial charge in [-0.15, -0.1) is 0 Å². The standard InChI is InChI=1S/4C2H6O.B/c4*1-2-3;/h4*3H,2H2,1H3;. The minimum absolute atomic E-state index is 0. The second-order valence-electron chi connectivity index (χ2n) is 1.26. The highest BCUT2D eigenvalue weighted by molar-refractivity contribution is 5.75. The van der Waals surface area contributed by atoms with Crippen molar-refractivity contribution in [2.45, 2.75) is 27.7 Å². The summed E-state index contributed by atoms with van der Waals surface area (Å²) in [4.78, 5) is 0. The normalized spacial score (nSPS) is 5.54. The number of rotatable bonds is 0. The van der Waals surface area contributed by atoms with Gasteiger partial charge < -0.3 is 20.4 Å². The molecular weight excluding hydrogens is 171 g/mol. The van der Waals surface area contributed by atoms with E-state index < -0.39 is 0 Å². The van der Waals surface area contributed by atoms with Gasteiger partial charge in [-0.05, 0) is 27.7 Å². The summed E-state index contributed by atoms with van der Waals surface area (Å²) in [7, 11) is 0. The molecule has 4 N–H and O–H groups in total. The molecule has 0 aromatic rings. The molecule has 83 valence electrons. The van der Waals surface area contributed by atoms with Crippen LogP contribution in [0.2, 0.25) is 0 Å². The molecule has 3 radical (unpaired) electrons. The molecule has 0 spiro atoms. The van der Waals surface area contributed by atoms with Crippen LogP contribution in [0, 0.1) is 0 Å². The van der Waals surface area contributed by atoms with Gasteiger partial charge in [0, 0.05) is 34.8 Å². The highest BCUT2D eigenvalue weighted by Gasteiger charge is 1.35. The van der Waals surface area contributed by atoms with Crippen molar-refractivity contribution < 1.29 is 20.4 Å². The maximum atomic E-state index is 7.57. The molecule has 4 nitrogen and oxygen atoms in total. The van der Waals surface area contributed by atoms with Gasteiger partial charge in [0.1, 0.15) is 0 Å². The molecule has 0 fully saturated rings. The second-order valence-corrected chi connectivity index (χ2v) is 1.26. The van der Waals surface area contributed by atoms with Crippen LogP contribution in [0.15, 0.2) is 0 Å². The van der Waals surface area contributed by atoms with E-state index in [0.717, 1.165) is 0 Å². The topological polar surface area (TPSA) is 80.9 Å². The van der Waals surface area contributed by atoms with Crippen molar-refractivity contribution in [3.05, 3.63) is 0 Å². The monoisotopic (exact) mass is 195 g/mol. The molecule has 0 rings (SSSR count). The average Bonchev–Trinajstić information content (AvgIpc) is 1.92. The van der Waals surface area contributed by atoms with E-state index in [1.165, 1.54) is 0 Å². The lowest BCUT2D eigenvalue weighted by Crippen LogP contribution is -1.57. The lowest BCUT2D eigenvalue weighted by molar-refractivity contribution is 0.318. The quantitative estimate of drug-likeness (QED) is 0.397. The van der Waals surface area contributed by atoms with Crippen molar-refractivity contribution in [1.82, 2.24) is 0 Å². The average molecular weight is 195 g/mol. The maximum Gasteiger partial charge on any atom is 0.0402 e. The molecule has 5 heteroatoms. The molecule has 0 bridgehead atoms. The van der Waals surface area contributed by atoms with Crippen LogP contribution in [0.5, 0.6) is 0 Å². The zero-order valence-corrected chi connectivity index (χ0v) is 9.19. The second kappa shape index (κ2) is 92.8. The van der Waals surface area contributed by atoms with Crippen LogP contribution in [0.1, 0.15) is 27.7 Å². The van der Waals surface area contributed by atoms with Crippen molar-refractivity contribution in [3.8, 4) is 0 Å². The van der Waals surface area contributed by atoms with Crippen molar-refractivity contribution in [2.24, 2.45) is 0 Å². The summed E-state index contributed by atoms with van der Waals surface area (Å²) in [5, 5.41) is 30.3. The van der Waals surface area contributed by atoms with E-state index in [2.05, 4.69) is 0 Å². The number of aliphatic hydroxyl groups excluding tert-OH is 4. The molecule has 0 atom stereocenters. The summed E-state index contributed by atoms with van der Waals surface area (Å²) in [6.45, 7) is 7.72. The zero-order valence-electron chi connectivity index (χ0n) is 9.19. The van der Waals surface area contributed by atoms with Gasteiger partial charge >= 0.3 is 0 Å². The summed E-state index contributed by atoms with van der Waals surface area (Å²) >= 11 is 0. The number of hydrogen-bond acceptors (Lipinski definition) is 4. The minimum atomic E-state index is 0. The fourth-order valence-corrected chi connectivity index (χ4v) is 0. The first-order valence-electron chi connectivity index (χ1n) is 4.09. The summed E-state index contributed by atoms with van der Waals surface area (Å²) in [5.74, 6) is 0. The Hall–Kier alpha value is -0.0951. The Balaban J connectivity index is -0.0000000213. The molecule has 0 aliphatic carbocycles. The van der Waals surface area contributed by atoms with Crippen molar-refractivity contribution in [2.75, 3.05) is 26.4 Å². The van der Waals surface area contributed by atoms with Gasteiger partial charge in [0.15, 0.2) is 0 Å².